The lowest BCUT2D eigenvalue weighted by Crippen LogP contribution is -2.44. The summed E-state index contributed by atoms with van der Waals surface area (Å²) >= 11 is 0. The van der Waals surface area contributed by atoms with E-state index in [1.165, 1.54) is 6.33 Å². The van der Waals surface area contributed by atoms with Gasteiger partial charge >= 0.3 is 0 Å². The molecule has 1 atom stereocenters. The smallest absolute Gasteiger partial charge is 0.224 e. The molecular formula is C14H20N6O2. The lowest BCUT2D eigenvalue weighted by atomic mass is 9.97. The van der Waals surface area contributed by atoms with E-state index < -0.39 is 0 Å². The molecule has 1 aliphatic heterocycles. The highest BCUT2D eigenvalue weighted by Crippen LogP contribution is 2.25. The van der Waals surface area contributed by atoms with E-state index in [2.05, 4.69) is 30.2 Å². The van der Waals surface area contributed by atoms with E-state index in [0.29, 0.717) is 25.3 Å². The van der Waals surface area contributed by atoms with Crippen molar-refractivity contribution in [2.24, 2.45) is 5.92 Å². The number of H-pyrrole nitrogens is 1. The predicted octanol–water partition coefficient (Wildman–Crippen LogP) is 0.332. The summed E-state index contributed by atoms with van der Waals surface area (Å²) in [5.74, 6) is 0.868. The van der Waals surface area contributed by atoms with Crippen LogP contribution in [0.15, 0.2) is 12.7 Å². The third-order valence-electron chi connectivity index (χ3n) is 3.90. The number of methoxy groups -OCH3 is 1. The molecule has 0 aliphatic carbocycles. The molecule has 22 heavy (non-hydrogen) atoms. The summed E-state index contributed by atoms with van der Waals surface area (Å²) in [6, 6.07) is 0. The first-order valence-electron chi connectivity index (χ1n) is 7.45. The van der Waals surface area contributed by atoms with Crippen LogP contribution in [0, 0.1) is 5.92 Å². The normalized spacial score (nSPS) is 18.6. The average molecular weight is 304 g/mol. The van der Waals surface area contributed by atoms with Gasteiger partial charge in [-0.1, -0.05) is 0 Å². The van der Waals surface area contributed by atoms with Gasteiger partial charge in [0.05, 0.1) is 18.9 Å². The lowest BCUT2D eigenvalue weighted by molar-refractivity contribution is -0.125. The number of amides is 1. The van der Waals surface area contributed by atoms with Crippen LogP contribution in [0.2, 0.25) is 0 Å². The van der Waals surface area contributed by atoms with Crippen molar-refractivity contribution in [2.45, 2.75) is 12.8 Å². The molecule has 1 unspecified atom stereocenters. The monoisotopic (exact) mass is 304 g/mol. The Balaban J connectivity index is 1.70. The van der Waals surface area contributed by atoms with Crippen LogP contribution in [-0.4, -0.2) is 59.2 Å². The molecule has 2 aromatic rings. The molecule has 1 amide bonds. The fraction of sp³-hybridized carbons (Fsp3) is 0.571. The second kappa shape index (κ2) is 6.69. The van der Waals surface area contributed by atoms with Crippen molar-refractivity contribution in [1.82, 2.24) is 25.3 Å². The van der Waals surface area contributed by atoms with Gasteiger partial charge in [-0.25, -0.2) is 15.0 Å². The van der Waals surface area contributed by atoms with Crippen LogP contribution in [0.5, 0.6) is 0 Å². The van der Waals surface area contributed by atoms with Gasteiger partial charge in [0.25, 0.3) is 0 Å². The van der Waals surface area contributed by atoms with E-state index >= 15 is 0 Å². The van der Waals surface area contributed by atoms with Crippen LogP contribution in [-0.2, 0) is 9.53 Å². The van der Waals surface area contributed by atoms with Crippen LogP contribution in [0.1, 0.15) is 12.8 Å². The zero-order chi connectivity index (χ0) is 15.4. The van der Waals surface area contributed by atoms with Gasteiger partial charge < -0.3 is 19.9 Å². The van der Waals surface area contributed by atoms with Gasteiger partial charge in [0.2, 0.25) is 5.91 Å². The van der Waals surface area contributed by atoms with Gasteiger partial charge in [-0.2, -0.15) is 0 Å². The molecule has 0 aromatic carbocycles. The molecule has 3 heterocycles. The van der Waals surface area contributed by atoms with Crippen molar-refractivity contribution in [3.63, 3.8) is 0 Å². The maximum atomic E-state index is 12.2. The number of fused-ring (bicyclic) bond motifs is 1. The zero-order valence-electron chi connectivity index (χ0n) is 12.6. The van der Waals surface area contributed by atoms with Crippen molar-refractivity contribution in [3.05, 3.63) is 12.7 Å². The van der Waals surface area contributed by atoms with Crippen LogP contribution < -0.4 is 10.2 Å². The maximum absolute atomic E-state index is 12.2. The minimum Gasteiger partial charge on any atom is -0.383 e. The number of piperidine rings is 1. The number of hydrogen-bond donors (Lipinski definition) is 2. The molecule has 8 nitrogen and oxygen atoms in total. The van der Waals surface area contributed by atoms with Crippen molar-refractivity contribution < 1.29 is 9.53 Å². The molecule has 0 saturated carbocycles. The van der Waals surface area contributed by atoms with E-state index in [1.54, 1.807) is 13.4 Å². The summed E-state index contributed by atoms with van der Waals surface area (Å²) < 4.78 is 4.96. The van der Waals surface area contributed by atoms with Crippen molar-refractivity contribution in [2.75, 3.05) is 38.3 Å². The predicted molar refractivity (Wildman–Crippen MR) is 81.5 cm³/mol. The van der Waals surface area contributed by atoms with E-state index in [1.807, 2.05) is 0 Å². The molecule has 1 saturated heterocycles. The molecule has 1 fully saturated rings. The summed E-state index contributed by atoms with van der Waals surface area (Å²) in [4.78, 5) is 30.1. The largest absolute Gasteiger partial charge is 0.383 e. The highest BCUT2D eigenvalue weighted by molar-refractivity contribution is 5.84. The van der Waals surface area contributed by atoms with Crippen LogP contribution in [0.25, 0.3) is 11.2 Å². The highest BCUT2D eigenvalue weighted by Gasteiger charge is 2.27. The molecule has 1 aliphatic rings. The minimum atomic E-state index is -0.0291. The minimum absolute atomic E-state index is 0.0291. The molecule has 0 bridgehead atoms. The van der Waals surface area contributed by atoms with E-state index in [9.17, 15) is 4.79 Å². The van der Waals surface area contributed by atoms with Gasteiger partial charge in [-0.15, -0.1) is 0 Å². The van der Waals surface area contributed by atoms with E-state index in [-0.39, 0.29) is 11.8 Å². The standard InChI is InChI=1S/C14H20N6O2/c1-22-6-4-15-14(21)10-3-2-5-20(7-10)13-11-12(17-8-16-11)18-9-19-13/h8-10H,2-7H2,1H3,(H,15,21)(H,16,17,18,19). The number of ether oxygens (including phenoxy) is 1. The number of aromatic nitrogens is 4. The molecule has 0 spiro atoms. The van der Waals surface area contributed by atoms with Gasteiger partial charge in [0.1, 0.15) is 11.8 Å². The fourth-order valence-electron chi connectivity index (χ4n) is 2.80. The molecule has 0 radical (unpaired) electrons. The number of aromatic amines is 1. The number of anilines is 1. The number of nitrogens with zero attached hydrogens (tertiary/aromatic N) is 4. The first-order chi connectivity index (χ1) is 10.8. The Morgan fingerprint density at radius 3 is 3.27 bits per heavy atom. The van der Waals surface area contributed by atoms with Gasteiger partial charge in [-0.05, 0) is 12.8 Å². The van der Waals surface area contributed by atoms with Gasteiger partial charge in [0.15, 0.2) is 11.5 Å². The van der Waals surface area contributed by atoms with Crippen molar-refractivity contribution in [3.8, 4) is 0 Å². The Morgan fingerprint density at radius 1 is 1.50 bits per heavy atom. The summed E-state index contributed by atoms with van der Waals surface area (Å²) in [5, 5.41) is 2.91. The zero-order valence-corrected chi connectivity index (χ0v) is 12.6. The summed E-state index contributed by atoms with van der Waals surface area (Å²) in [5.41, 5.74) is 1.47. The second-order valence-corrected chi connectivity index (χ2v) is 5.37. The van der Waals surface area contributed by atoms with E-state index in [0.717, 1.165) is 30.7 Å². The number of nitrogens with one attached hydrogen (secondary N) is 2. The molecular weight excluding hydrogens is 284 g/mol. The Bertz CT molecular complexity index is 643. The van der Waals surface area contributed by atoms with Crippen LogP contribution >= 0.6 is 0 Å². The average Bonchev–Trinajstić information content (AvgIpc) is 3.03. The van der Waals surface area contributed by atoms with Gasteiger partial charge in [0, 0.05) is 26.7 Å². The summed E-state index contributed by atoms with van der Waals surface area (Å²) in [7, 11) is 1.62. The molecule has 2 N–H and O–H groups in total. The second-order valence-electron chi connectivity index (χ2n) is 5.37. The Morgan fingerprint density at radius 2 is 2.41 bits per heavy atom. The SMILES string of the molecule is COCCNC(=O)C1CCCN(c2ncnc3nc[nH]c23)C1. The Hall–Kier alpha value is -2.22. The van der Waals surface area contributed by atoms with Gasteiger partial charge in [-0.3, -0.25) is 4.79 Å². The first kappa shape index (κ1) is 14.7. The number of hydrogen-bond acceptors (Lipinski definition) is 6. The third kappa shape index (κ3) is 3.01. The maximum Gasteiger partial charge on any atom is 0.224 e. The molecule has 118 valence electrons. The third-order valence-corrected chi connectivity index (χ3v) is 3.90. The topological polar surface area (TPSA) is 96.0 Å². The fourth-order valence-corrected chi connectivity index (χ4v) is 2.80. The van der Waals surface area contributed by atoms with Crippen LogP contribution in [0.4, 0.5) is 5.82 Å². The number of carbonyl (C=O) groups excluding carboxylic acids is 1. The number of rotatable bonds is 5. The first-order valence-corrected chi connectivity index (χ1v) is 7.45. The number of carbonyl (C=O) groups is 1. The Kier molecular flexibility index (Phi) is 4.47. The van der Waals surface area contributed by atoms with Crippen molar-refractivity contribution in [1.29, 1.82) is 0 Å². The summed E-state index contributed by atoms with van der Waals surface area (Å²) in [6.07, 6.45) is 4.98. The molecule has 8 heteroatoms. The highest BCUT2D eigenvalue weighted by atomic mass is 16.5. The molecule has 3 rings (SSSR count). The van der Waals surface area contributed by atoms with Crippen molar-refractivity contribution >= 4 is 22.9 Å². The molecule has 2 aromatic heterocycles. The quantitative estimate of drug-likeness (QED) is 0.773. The Labute approximate surface area is 128 Å². The lowest BCUT2D eigenvalue weighted by Gasteiger charge is -2.32. The number of imidazole rings is 1. The summed E-state index contributed by atoms with van der Waals surface area (Å²) in [6.45, 7) is 2.61. The van der Waals surface area contributed by atoms with E-state index in [4.69, 9.17) is 4.74 Å². The van der Waals surface area contributed by atoms with Crippen LogP contribution in [0.3, 0.4) is 0 Å².